The van der Waals surface area contributed by atoms with E-state index >= 15 is 0 Å². The number of carbonyl (C=O) groups is 4. The molecule has 4 fully saturated rings. The second-order valence-corrected chi connectivity index (χ2v) is 20.2. The summed E-state index contributed by atoms with van der Waals surface area (Å²) in [4.78, 5) is 53.9. The van der Waals surface area contributed by atoms with E-state index in [2.05, 4.69) is 59.9 Å². The first-order chi connectivity index (χ1) is 24.2. The number of amides is 1. The van der Waals surface area contributed by atoms with Crippen LogP contribution in [-0.2, 0) is 35.3 Å². The maximum absolute atomic E-state index is 14.9. The Morgan fingerprint density at radius 3 is 2.23 bits per heavy atom. The normalized spacial score (nSPS) is 39.4. The van der Waals surface area contributed by atoms with Crippen LogP contribution >= 0.6 is 0 Å². The van der Waals surface area contributed by atoms with Gasteiger partial charge in [-0.25, -0.2) is 0 Å². The molecule has 0 aliphatic heterocycles. The molecule has 4 saturated carbocycles. The SMILES string of the molecule is COC(=O)C(C)(C)CC(=O)NCC1CC[C@@]2(C)[C@@H](CCC3(C)[C@@H]2C(=O)C=C2C4C[C@@](C)(C(=O)OCc5ccccc5)CC[C@]4(C)CC[C@]23C)C1(C)C. The maximum Gasteiger partial charge on any atom is 0.312 e. The zero-order valence-electron chi connectivity index (χ0n) is 33.7. The summed E-state index contributed by atoms with van der Waals surface area (Å²) < 4.78 is 10.9. The van der Waals surface area contributed by atoms with Crippen LogP contribution in [0.25, 0.3) is 0 Å². The van der Waals surface area contributed by atoms with E-state index in [0.717, 1.165) is 63.4 Å². The molecule has 286 valence electrons. The van der Waals surface area contributed by atoms with Gasteiger partial charge in [-0.1, -0.05) is 77.4 Å². The molecule has 1 aromatic carbocycles. The number of benzene rings is 1. The summed E-state index contributed by atoms with van der Waals surface area (Å²) in [6.45, 7) is 20.9. The zero-order chi connectivity index (χ0) is 38.1. The van der Waals surface area contributed by atoms with Gasteiger partial charge in [0.2, 0.25) is 5.91 Å². The molecule has 5 aliphatic carbocycles. The molecular formula is C45H65NO6. The molecule has 3 unspecified atom stereocenters. The zero-order valence-corrected chi connectivity index (χ0v) is 33.7. The first-order valence-electron chi connectivity index (χ1n) is 20.0. The summed E-state index contributed by atoms with van der Waals surface area (Å²) in [5, 5.41) is 3.17. The number of esters is 2. The Bertz CT molecular complexity index is 1630. The first kappa shape index (κ1) is 38.8. The summed E-state index contributed by atoms with van der Waals surface area (Å²) in [6, 6.07) is 9.90. The predicted molar refractivity (Wildman–Crippen MR) is 203 cm³/mol. The summed E-state index contributed by atoms with van der Waals surface area (Å²) in [6.07, 6.45) is 10.8. The topological polar surface area (TPSA) is 98.8 Å². The standard InChI is InChI=1S/C45H65NO6/c1-39(2,37(49)51-10)26-35(48)46-27-30-16-18-43(7)34(40(30,3)4)17-19-45(9)36(43)33(47)24-31-32-25-42(6,21-20-41(32,5)22-23-44(31,45)8)38(50)52-28-29-14-12-11-13-15-29/h11-15,24,30,32,34,36H,16-23,25-28H2,1-10H3,(H,46,48)/t30?,32?,34-,36+,41+,42-,43-,44+,45?/m0/s1. The van der Waals surface area contributed by atoms with E-state index in [1.54, 1.807) is 13.8 Å². The van der Waals surface area contributed by atoms with Crippen molar-refractivity contribution < 1.29 is 28.7 Å². The Hall–Kier alpha value is -2.96. The molecule has 0 bridgehead atoms. The molecule has 1 N–H and O–H groups in total. The van der Waals surface area contributed by atoms with Gasteiger partial charge in [0, 0.05) is 18.9 Å². The van der Waals surface area contributed by atoms with Crippen LogP contribution < -0.4 is 5.32 Å². The Kier molecular flexibility index (Phi) is 9.77. The summed E-state index contributed by atoms with van der Waals surface area (Å²) in [7, 11) is 1.36. The molecule has 52 heavy (non-hydrogen) atoms. The lowest BCUT2D eigenvalue weighted by Gasteiger charge is -2.70. The van der Waals surface area contributed by atoms with E-state index in [-0.39, 0.29) is 81.5 Å². The fourth-order valence-electron chi connectivity index (χ4n) is 12.8. The minimum absolute atomic E-state index is 0.0612. The van der Waals surface area contributed by atoms with Gasteiger partial charge in [-0.15, -0.1) is 0 Å². The number of hydrogen-bond acceptors (Lipinski definition) is 6. The van der Waals surface area contributed by atoms with Crippen molar-refractivity contribution in [1.29, 1.82) is 0 Å². The Morgan fingerprint density at radius 2 is 1.56 bits per heavy atom. The Balaban J connectivity index is 1.23. The number of ether oxygens (including phenoxy) is 2. The smallest absolute Gasteiger partial charge is 0.312 e. The number of nitrogens with one attached hydrogen (secondary N) is 1. The van der Waals surface area contributed by atoms with Crippen molar-refractivity contribution in [2.45, 2.75) is 133 Å². The van der Waals surface area contributed by atoms with Crippen molar-refractivity contribution in [1.82, 2.24) is 5.32 Å². The maximum atomic E-state index is 14.9. The van der Waals surface area contributed by atoms with E-state index in [1.165, 1.54) is 12.7 Å². The van der Waals surface area contributed by atoms with Gasteiger partial charge in [-0.2, -0.15) is 0 Å². The van der Waals surface area contributed by atoms with Gasteiger partial charge in [0.05, 0.1) is 17.9 Å². The highest BCUT2D eigenvalue weighted by atomic mass is 16.5. The van der Waals surface area contributed by atoms with Crippen molar-refractivity contribution in [3.8, 4) is 0 Å². The van der Waals surface area contributed by atoms with Crippen LogP contribution in [-0.4, -0.2) is 37.3 Å². The van der Waals surface area contributed by atoms with Crippen LogP contribution in [0.15, 0.2) is 42.0 Å². The molecule has 0 radical (unpaired) electrons. The molecule has 7 nitrogen and oxygen atoms in total. The Labute approximate surface area is 312 Å². The average Bonchev–Trinajstić information content (AvgIpc) is 3.08. The molecule has 6 rings (SSSR count). The highest BCUT2D eigenvalue weighted by molar-refractivity contribution is 5.95. The molecule has 0 spiro atoms. The lowest BCUT2D eigenvalue weighted by molar-refractivity contribution is -0.194. The van der Waals surface area contributed by atoms with Crippen LogP contribution in [0.2, 0.25) is 0 Å². The van der Waals surface area contributed by atoms with Crippen LogP contribution in [0.4, 0.5) is 0 Å². The fraction of sp³-hybridized carbons (Fsp3) is 0.733. The average molecular weight is 716 g/mol. The third-order valence-electron chi connectivity index (χ3n) is 16.4. The summed E-state index contributed by atoms with van der Waals surface area (Å²) in [5.74, 6) is 0.375. The van der Waals surface area contributed by atoms with Crippen LogP contribution in [0.5, 0.6) is 0 Å². The van der Waals surface area contributed by atoms with E-state index in [1.807, 2.05) is 30.3 Å². The van der Waals surface area contributed by atoms with Crippen LogP contribution in [0, 0.1) is 61.6 Å². The van der Waals surface area contributed by atoms with E-state index in [0.29, 0.717) is 12.5 Å². The van der Waals surface area contributed by atoms with Crippen molar-refractivity contribution in [2.24, 2.45) is 61.6 Å². The van der Waals surface area contributed by atoms with Crippen LogP contribution in [0.3, 0.4) is 0 Å². The van der Waals surface area contributed by atoms with Crippen molar-refractivity contribution in [2.75, 3.05) is 13.7 Å². The minimum Gasteiger partial charge on any atom is -0.469 e. The van der Waals surface area contributed by atoms with Gasteiger partial charge in [0.25, 0.3) is 0 Å². The molecule has 1 aromatic rings. The quantitative estimate of drug-likeness (QED) is 0.270. The van der Waals surface area contributed by atoms with Gasteiger partial charge in [-0.3, -0.25) is 19.2 Å². The van der Waals surface area contributed by atoms with Crippen molar-refractivity contribution in [3.63, 3.8) is 0 Å². The molecule has 1 amide bonds. The number of hydrogen-bond donors (Lipinski definition) is 1. The Morgan fingerprint density at radius 1 is 0.885 bits per heavy atom. The van der Waals surface area contributed by atoms with Gasteiger partial charge >= 0.3 is 11.9 Å². The lowest BCUT2D eigenvalue weighted by Crippen LogP contribution is -2.66. The monoisotopic (exact) mass is 715 g/mol. The number of rotatable bonds is 8. The molecular weight excluding hydrogens is 650 g/mol. The molecule has 0 aromatic heterocycles. The fourth-order valence-corrected chi connectivity index (χ4v) is 12.8. The second kappa shape index (κ2) is 13.1. The van der Waals surface area contributed by atoms with E-state index in [9.17, 15) is 19.2 Å². The van der Waals surface area contributed by atoms with Crippen LogP contribution in [0.1, 0.15) is 132 Å². The summed E-state index contributed by atoms with van der Waals surface area (Å²) >= 11 is 0. The molecule has 0 heterocycles. The molecule has 9 atom stereocenters. The van der Waals surface area contributed by atoms with Crippen molar-refractivity contribution in [3.05, 3.63) is 47.5 Å². The third-order valence-corrected chi connectivity index (χ3v) is 16.4. The molecule has 7 heteroatoms. The van der Waals surface area contributed by atoms with E-state index < -0.39 is 10.8 Å². The number of carbonyl (C=O) groups excluding carboxylic acids is 4. The lowest BCUT2D eigenvalue weighted by atomic mass is 9.33. The number of allylic oxidation sites excluding steroid dienone is 2. The highest BCUT2D eigenvalue weighted by Gasteiger charge is 2.70. The predicted octanol–water partition coefficient (Wildman–Crippen LogP) is 9.03. The van der Waals surface area contributed by atoms with E-state index in [4.69, 9.17) is 9.47 Å². The van der Waals surface area contributed by atoms with Gasteiger partial charge in [0.15, 0.2) is 5.78 Å². The number of ketones is 1. The van der Waals surface area contributed by atoms with Gasteiger partial charge in [0.1, 0.15) is 6.61 Å². The number of fused-ring (bicyclic) bond motifs is 7. The summed E-state index contributed by atoms with van der Waals surface area (Å²) in [5.41, 5.74) is 0.346. The van der Waals surface area contributed by atoms with Gasteiger partial charge < -0.3 is 14.8 Å². The van der Waals surface area contributed by atoms with Crippen molar-refractivity contribution >= 4 is 23.6 Å². The minimum atomic E-state index is -0.879. The van der Waals surface area contributed by atoms with Gasteiger partial charge in [-0.05, 0) is 135 Å². The number of methoxy groups -OCH3 is 1. The first-order valence-corrected chi connectivity index (χ1v) is 20.0. The molecule has 0 saturated heterocycles. The second-order valence-electron chi connectivity index (χ2n) is 20.2. The largest absolute Gasteiger partial charge is 0.469 e. The third kappa shape index (κ3) is 6.08. The highest BCUT2D eigenvalue weighted by Crippen LogP contribution is 2.75. The molecule has 5 aliphatic rings.